The molecule has 4 aliphatic carbocycles. The Morgan fingerprint density at radius 3 is 1.19 bits per heavy atom. The summed E-state index contributed by atoms with van der Waals surface area (Å²) in [5, 5.41) is 23.3. The van der Waals surface area contributed by atoms with E-state index in [0.29, 0.717) is 100 Å². The number of hydrogen-bond acceptors (Lipinski definition) is 8. The lowest BCUT2D eigenvalue weighted by molar-refractivity contribution is 0.00610. The van der Waals surface area contributed by atoms with Crippen LogP contribution in [0.3, 0.4) is 0 Å². The second-order valence-corrected chi connectivity index (χ2v) is 19.0. The Kier molecular flexibility index (Phi) is 12.1. The number of nitrogens with zero attached hydrogens (tertiary/aromatic N) is 2. The average Bonchev–Trinajstić information content (AvgIpc) is 3.67. The van der Waals surface area contributed by atoms with Gasteiger partial charge in [0.1, 0.15) is 11.5 Å². The summed E-state index contributed by atoms with van der Waals surface area (Å²) in [6.45, 7) is 23.4. The molecule has 2 aromatic rings. The summed E-state index contributed by atoms with van der Waals surface area (Å²) in [5.74, 6) is 3.21. The third-order valence-corrected chi connectivity index (χ3v) is 16.4. The summed E-state index contributed by atoms with van der Waals surface area (Å²) in [7, 11) is 0. The molecule has 8 nitrogen and oxygen atoms in total. The highest BCUT2D eigenvalue weighted by atomic mass is 16.5. The first kappa shape index (κ1) is 40.0. The topological polar surface area (TPSA) is 83.9 Å². The highest BCUT2D eigenvalue weighted by Crippen LogP contribution is 2.72. The van der Waals surface area contributed by atoms with E-state index in [9.17, 15) is 10.2 Å². The van der Waals surface area contributed by atoms with Gasteiger partial charge in [0.2, 0.25) is 0 Å². The minimum Gasteiger partial charge on any atom is -0.507 e. The largest absolute Gasteiger partial charge is 0.507 e. The molecule has 0 unspecified atom stereocenters. The van der Waals surface area contributed by atoms with Gasteiger partial charge in [0.05, 0.1) is 52.9 Å². The van der Waals surface area contributed by atoms with Gasteiger partial charge in [-0.3, -0.25) is 9.80 Å². The lowest BCUT2D eigenvalue weighted by Crippen LogP contribution is -2.33. The maximum Gasteiger partial charge on any atom is 0.123 e. The van der Waals surface area contributed by atoms with Gasteiger partial charge in [0, 0.05) is 50.4 Å². The van der Waals surface area contributed by atoms with Crippen LogP contribution in [0, 0.1) is 33.5 Å². The highest BCUT2D eigenvalue weighted by Gasteiger charge is 2.63. The van der Waals surface area contributed by atoms with Crippen molar-refractivity contribution < 1.29 is 29.2 Å². The van der Waals surface area contributed by atoms with E-state index >= 15 is 0 Å². The minimum atomic E-state index is 0.220. The molecule has 0 radical (unpaired) electrons. The van der Waals surface area contributed by atoms with Crippen LogP contribution in [0.15, 0.2) is 36.4 Å². The van der Waals surface area contributed by atoms with Crippen molar-refractivity contribution in [2.45, 2.75) is 105 Å². The van der Waals surface area contributed by atoms with Crippen LogP contribution in [0.5, 0.6) is 11.5 Å². The lowest BCUT2D eigenvalue weighted by atomic mass is 9.65. The molecule has 0 aromatic heterocycles. The van der Waals surface area contributed by atoms with E-state index in [1.807, 2.05) is 0 Å². The third-order valence-electron chi connectivity index (χ3n) is 16.4. The number of phenols is 2. The molecule has 300 valence electrons. The van der Waals surface area contributed by atoms with Crippen molar-refractivity contribution >= 4 is 0 Å². The van der Waals surface area contributed by atoms with Crippen LogP contribution in [0.2, 0.25) is 0 Å². The quantitative estimate of drug-likeness (QED) is 0.306. The van der Waals surface area contributed by atoms with Crippen LogP contribution in [-0.4, -0.2) is 99.0 Å². The molecule has 5 fully saturated rings. The third kappa shape index (κ3) is 7.49. The van der Waals surface area contributed by atoms with Crippen molar-refractivity contribution in [2.24, 2.45) is 33.5 Å². The monoisotopic (exact) mass is 747 g/mol. The zero-order valence-corrected chi connectivity index (χ0v) is 34.3. The van der Waals surface area contributed by atoms with E-state index < -0.39 is 0 Å². The molecule has 7 rings (SSSR count). The van der Waals surface area contributed by atoms with Gasteiger partial charge in [-0.2, -0.15) is 0 Å². The Bertz CT molecular complexity index is 1440. The Morgan fingerprint density at radius 2 is 0.889 bits per heavy atom. The minimum absolute atomic E-state index is 0.220. The van der Waals surface area contributed by atoms with E-state index in [-0.39, 0.29) is 10.8 Å². The van der Waals surface area contributed by atoms with E-state index in [0.717, 1.165) is 60.3 Å². The van der Waals surface area contributed by atoms with Crippen LogP contribution in [0.4, 0.5) is 0 Å². The van der Waals surface area contributed by atoms with E-state index in [1.54, 1.807) is 0 Å². The van der Waals surface area contributed by atoms with Crippen LogP contribution >= 0.6 is 0 Å². The predicted octanol–water partition coefficient (Wildman–Crippen LogP) is 8.34. The van der Waals surface area contributed by atoms with Gasteiger partial charge in [0.25, 0.3) is 0 Å². The maximum absolute atomic E-state index is 11.7. The number of phenolic OH excluding ortho intramolecular Hbond substituents is 2. The molecule has 1 saturated heterocycles. The van der Waals surface area contributed by atoms with E-state index in [2.05, 4.69) is 87.7 Å². The molecule has 0 amide bonds. The lowest BCUT2D eigenvalue weighted by Gasteiger charge is -2.40. The fraction of sp³-hybridized carbons (Fsp3) is 0.739. The zero-order valence-electron chi connectivity index (χ0n) is 34.3. The van der Waals surface area contributed by atoms with Crippen molar-refractivity contribution in [3.05, 3.63) is 58.7 Å². The standard InChI is InChI=1S/C46H70N2O6/c1-43(2)35-13-15-45(43,5)39(29-35)37-11-7-9-33(41(37)49)31-47-17-21-51-25-27-53-23-19-48(20-24-54-28-26-52-22-18-47)32-34-10-8-12-38(42(34)50)40-30-36-14-16-46(40,6)44(36,3)4/h7-12,35-36,39-40,49-50H,13-32H2,1-6H3/t35-,36-,39-,40-,45+,46+/m0/s1. The average molecular weight is 747 g/mol. The van der Waals surface area contributed by atoms with Gasteiger partial charge < -0.3 is 29.2 Å². The summed E-state index contributed by atoms with van der Waals surface area (Å²) in [5.41, 5.74) is 5.27. The Hall–Kier alpha value is -2.20. The summed E-state index contributed by atoms with van der Waals surface area (Å²) >= 11 is 0. The molecular formula is C46H70N2O6. The number of benzene rings is 2. The molecule has 4 saturated carbocycles. The smallest absolute Gasteiger partial charge is 0.123 e. The fourth-order valence-corrected chi connectivity index (χ4v) is 11.8. The molecule has 6 atom stereocenters. The van der Waals surface area contributed by atoms with Crippen LogP contribution in [0.25, 0.3) is 0 Å². The number of ether oxygens (including phenoxy) is 4. The summed E-state index contributed by atoms with van der Waals surface area (Å²) < 4.78 is 24.2. The molecule has 5 aliphatic rings. The molecule has 54 heavy (non-hydrogen) atoms. The van der Waals surface area contributed by atoms with E-state index in [4.69, 9.17) is 18.9 Å². The molecule has 8 heteroatoms. The van der Waals surface area contributed by atoms with Gasteiger partial charge in [-0.25, -0.2) is 0 Å². The SMILES string of the molecule is CC1(C)[C@H]2CC[C@]1(C)[C@H](c1cccc(CN3CCOCCOCCN(Cc4cccc([C@@H]5C[C@@H]6CC[C@@]5(C)C6(C)C)c4O)CCOCCOCC3)c1O)C2. The number of para-hydroxylation sites is 2. The van der Waals surface area contributed by atoms with Gasteiger partial charge in [-0.05, 0) is 95.0 Å². The van der Waals surface area contributed by atoms with Crippen LogP contribution in [0.1, 0.15) is 114 Å². The number of hydrogen-bond donors (Lipinski definition) is 2. The summed E-state index contributed by atoms with van der Waals surface area (Å²) in [6.07, 6.45) is 7.44. The first-order chi connectivity index (χ1) is 25.9. The second kappa shape index (κ2) is 16.3. The van der Waals surface area contributed by atoms with Crippen LogP contribution in [-0.2, 0) is 32.0 Å². The maximum atomic E-state index is 11.7. The zero-order chi connectivity index (χ0) is 38.1. The van der Waals surface area contributed by atoms with Crippen molar-refractivity contribution in [2.75, 3.05) is 79.0 Å². The first-order valence-electron chi connectivity index (χ1n) is 21.2. The Balaban J connectivity index is 0.921. The van der Waals surface area contributed by atoms with E-state index in [1.165, 1.54) is 38.5 Å². The Morgan fingerprint density at radius 1 is 0.537 bits per heavy atom. The van der Waals surface area contributed by atoms with Crippen molar-refractivity contribution in [3.63, 3.8) is 0 Å². The highest BCUT2D eigenvalue weighted by molar-refractivity contribution is 5.46. The fourth-order valence-electron chi connectivity index (χ4n) is 11.8. The normalized spacial score (nSPS) is 34.2. The molecule has 1 heterocycles. The number of aromatic hydroxyl groups is 2. The second-order valence-electron chi connectivity index (χ2n) is 19.0. The van der Waals surface area contributed by atoms with Crippen molar-refractivity contribution in [3.8, 4) is 11.5 Å². The Labute approximate surface area is 325 Å². The molecule has 4 bridgehead atoms. The molecule has 1 aliphatic heterocycles. The van der Waals surface area contributed by atoms with Crippen molar-refractivity contribution in [1.29, 1.82) is 0 Å². The van der Waals surface area contributed by atoms with Gasteiger partial charge in [-0.1, -0.05) is 77.9 Å². The molecule has 2 aromatic carbocycles. The molecular weight excluding hydrogens is 677 g/mol. The summed E-state index contributed by atoms with van der Waals surface area (Å²) in [6, 6.07) is 12.8. The van der Waals surface area contributed by atoms with Crippen LogP contribution < -0.4 is 0 Å². The van der Waals surface area contributed by atoms with Gasteiger partial charge in [-0.15, -0.1) is 0 Å². The number of fused-ring (bicyclic) bond motifs is 4. The number of rotatable bonds is 6. The first-order valence-corrected chi connectivity index (χ1v) is 21.2. The molecule has 0 spiro atoms. The van der Waals surface area contributed by atoms with Gasteiger partial charge >= 0.3 is 0 Å². The van der Waals surface area contributed by atoms with Gasteiger partial charge in [0.15, 0.2) is 0 Å². The summed E-state index contributed by atoms with van der Waals surface area (Å²) in [4.78, 5) is 4.66. The predicted molar refractivity (Wildman–Crippen MR) is 214 cm³/mol. The van der Waals surface area contributed by atoms with Crippen molar-refractivity contribution in [1.82, 2.24) is 9.80 Å². The molecule has 2 N–H and O–H groups in total.